The Labute approximate surface area is 122 Å². The van der Waals surface area contributed by atoms with Crippen molar-refractivity contribution in [3.63, 3.8) is 0 Å². The third-order valence-corrected chi connectivity index (χ3v) is 4.31. The van der Waals surface area contributed by atoms with E-state index in [-0.39, 0.29) is 6.03 Å². The van der Waals surface area contributed by atoms with Gasteiger partial charge in [0.15, 0.2) is 0 Å². The predicted octanol–water partition coefficient (Wildman–Crippen LogP) is 1.59. The second kappa shape index (κ2) is 8.47. The van der Waals surface area contributed by atoms with Gasteiger partial charge in [0.05, 0.1) is 6.10 Å². The molecule has 2 rings (SSSR count). The minimum Gasteiger partial charge on any atom is -0.378 e. The lowest BCUT2D eigenvalue weighted by Gasteiger charge is -2.30. The van der Waals surface area contributed by atoms with Crippen molar-refractivity contribution >= 4 is 6.03 Å². The maximum absolute atomic E-state index is 11.9. The van der Waals surface area contributed by atoms with E-state index in [0.29, 0.717) is 6.10 Å². The molecule has 2 heterocycles. The summed E-state index contributed by atoms with van der Waals surface area (Å²) in [7, 11) is 0. The van der Waals surface area contributed by atoms with Gasteiger partial charge >= 0.3 is 6.03 Å². The number of urea groups is 1. The van der Waals surface area contributed by atoms with Gasteiger partial charge in [0, 0.05) is 26.2 Å². The minimum atomic E-state index is 0.0961. The van der Waals surface area contributed by atoms with Crippen LogP contribution in [0.15, 0.2) is 0 Å². The fourth-order valence-corrected chi connectivity index (χ4v) is 2.80. The summed E-state index contributed by atoms with van der Waals surface area (Å²) in [6, 6.07) is 0.0961. The molecule has 2 N–H and O–H groups in total. The number of amides is 2. The summed E-state index contributed by atoms with van der Waals surface area (Å²) in [5.41, 5.74) is 0. The zero-order valence-electron chi connectivity index (χ0n) is 12.7. The van der Waals surface area contributed by atoms with Crippen LogP contribution < -0.4 is 10.6 Å². The van der Waals surface area contributed by atoms with Crippen molar-refractivity contribution in [2.75, 3.05) is 39.3 Å². The standard InChI is InChI=1S/C15H29N3O2/c1-13-5-10-18(11-6-13)15(19)17-7-2-12-20-14-3-8-16-9-4-14/h13-14,16H,2-12H2,1H3,(H,17,19). The Morgan fingerprint density at radius 1 is 1.25 bits per heavy atom. The number of carbonyl (C=O) groups is 1. The average molecular weight is 283 g/mol. The highest BCUT2D eigenvalue weighted by Gasteiger charge is 2.19. The SMILES string of the molecule is CC1CCN(C(=O)NCCCOC2CCNCC2)CC1. The molecule has 2 aliphatic rings. The summed E-state index contributed by atoms with van der Waals surface area (Å²) >= 11 is 0. The van der Waals surface area contributed by atoms with Gasteiger partial charge in [-0.25, -0.2) is 4.79 Å². The Bertz CT molecular complexity index is 285. The van der Waals surface area contributed by atoms with E-state index in [1.807, 2.05) is 4.90 Å². The number of nitrogens with zero attached hydrogens (tertiary/aromatic N) is 1. The van der Waals surface area contributed by atoms with Gasteiger partial charge in [-0.2, -0.15) is 0 Å². The smallest absolute Gasteiger partial charge is 0.317 e. The molecule has 0 radical (unpaired) electrons. The first-order valence-corrected chi connectivity index (χ1v) is 8.11. The molecule has 2 saturated heterocycles. The van der Waals surface area contributed by atoms with Crippen molar-refractivity contribution in [2.45, 2.75) is 45.1 Å². The Morgan fingerprint density at radius 3 is 2.65 bits per heavy atom. The maximum Gasteiger partial charge on any atom is 0.317 e. The maximum atomic E-state index is 11.9. The molecule has 5 nitrogen and oxygen atoms in total. The molecule has 0 unspecified atom stereocenters. The van der Waals surface area contributed by atoms with Crippen LogP contribution in [-0.4, -0.2) is 56.4 Å². The van der Waals surface area contributed by atoms with E-state index in [1.54, 1.807) is 0 Å². The highest BCUT2D eigenvalue weighted by atomic mass is 16.5. The minimum absolute atomic E-state index is 0.0961. The average Bonchev–Trinajstić information content (AvgIpc) is 2.48. The normalized spacial score (nSPS) is 21.9. The van der Waals surface area contributed by atoms with Gasteiger partial charge in [-0.05, 0) is 51.1 Å². The van der Waals surface area contributed by atoms with Crippen LogP contribution in [0.5, 0.6) is 0 Å². The van der Waals surface area contributed by atoms with Gasteiger partial charge in [0.25, 0.3) is 0 Å². The lowest BCUT2D eigenvalue weighted by molar-refractivity contribution is 0.0319. The van der Waals surface area contributed by atoms with Crippen LogP contribution in [0.25, 0.3) is 0 Å². The molecule has 0 aliphatic carbocycles. The summed E-state index contributed by atoms with van der Waals surface area (Å²) in [4.78, 5) is 13.9. The van der Waals surface area contributed by atoms with E-state index >= 15 is 0 Å². The molecule has 0 aromatic heterocycles. The quantitative estimate of drug-likeness (QED) is 0.753. The summed E-state index contributed by atoms with van der Waals surface area (Å²) < 4.78 is 5.82. The van der Waals surface area contributed by atoms with Crippen molar-refractivity contribution in [2.24, 2.45) is 5.92 Å². The fourth-order valence-electron chi connectivity index (χ4n) is 2.80. The van der Waals surface area contributed by atoms with Crippen LogP contribution in [0.3, 0.4) is 0 Å². The number of rotatable bonds is 5. The molecular formula is C15H29N3O2. The van der Waals surface area contributed by atoms with Gasteiger partial charge in [-0.3, -0.25) is 0 Å². The highest BCUT2D eigenvalue weighted by molar-refractivity contribution is 5.74. The van der Waals surface area contributed by atoms with Crippen LogP contribution in [0.4, 0.5) is 4.79 Å². The molecule has 0 saturated carbocycles. The van der Waals surface area contributed by atoms with E-state index in [9.17, 15) is 4.79 Å². The number of hydrogen-bond donors (Lipinski definition) is 2. The first-order chi connectivity index (χ1) is 9.75. The number of ether oxygens (including phenoxy) is 1. The van der Waals surface area contributed by atoms with Gasteiger partial charge < -0.3 is 20.3 Å². The Morgan fingerprint density at radius 2 is 1.95 bits per heavy atom. The Hall–Kier alpha value is -0.810. The summed E-state index contributed by atoms with van der Waals surface area (Å²) in [5, 5.41) is 6.33. The largest absolute Gasteiger partial charge is 0.378 e. The molecule has 2 amide bonds. The number of carbonyl (C=O) groups excluding carboxylic acids is 1. The third kappa shape index (κ3) is 5.29. The number of likely N-dealkylation sites (tertiary alicyclic amines) is 1. The zero-order chi connectivity index (χ0) is 14.2. The van der Waals surface area contributed by atoms with E-state index in [2.05, 4.69) is 17.6 Å². The van der Waals surface area contributed by atoms with E-state index < -0.39 is 0 Å². The summed E-state index contributed by atoms with van der Waals surface area (Å²) in [6.07, 6.45) is 5.80. The van der Waals surface area contributed by atoms with Crippen LogP contribution >= 0.6 is 0 Å². The van der Waals surface area contributed by atoms with E-state index in [4.69, 9.17) is 4.74 Å². The van der Waals surface area contributed by atoms with E-state index in [1.165, 1.54) is 0 Å². The monoisotopic (exact) mass is 283 g/mol. The van der Waals surface area contributed by atoms with Crippen molar-refractivity contribution in [1.82, 2.24) is 15.5 Å². The fraction of sp³-hybridized carbons (Fsp3) is 0.933. The zero-order valence-corrected chi connectivity index (χ0v) is 12.7. The Kier molecular flexibility index (Phi) is 6.60. The van der Waals surface area contributed by atoms with Crippen molar-refractivity contribution < 1.29 is 9.53 Å². The molecule has 2 aliphatic heterocycles. The molecule has 0 aromatic carbocycles. The first-order valence-electron chi connectivity index (χ1n) is 8.11. The molecule has 20 heavy (non-hydrogen) atoms. The second-order valence-corrected chi connectivity index (χ2v) is 6.08. The van der Waals surface area contributed by atoms with Gasteiger partial charge in [0.2, 0.25) is 0 Å². The van der Waals surface area contributed by atoms with Crippen LogP contribution in [0.1, 0.15) is 39.0 Å². The molecular weight excluding hydrogens is 254 g/mol. The molecule has 0 atom stereocenters. The van der Waals surface area contributed by atoms with Crippen LogP contribution in [0.2, 0.25) is 0 Å². The van der Waals surface area contributed by atoms with Gasteiger partial charge in [0.1, 0.15) is 0 Å². The molecule has 116 valence electrons. The van der Waals surface area contributed by atoms with E-state index in [0.717, 1.165) is 77.4 Å². The van der Waals surface area contributed by atoms with Crippen molar-refractivity contribution in [3.05, 3.63) is 0 Å². The molecule has 0 aromatic rings. The number of nitrogens with one attached hydrogen (secondary N) is 2. The van der Waals surface area contributed by atoms with Crippen molar-refractivity contribution in [1.29, 1.82) is 0 Å². The number of hydrogen-bond acceptors (Lipinski definition) is 3. The van der Waals surface area contributed by atoms with Gasteiger partial charge in [-0.1, -0.05) is 6.92 Å². The third-order valence-electron chi connectivity index (χ3n) is 4.31. The Balaban J connectivity index is 1.49. The lowest BCUT2D eigenvalue weighted by atomic mass is 10.00. The van der Waals surface area contributed by atoms with Crippen molar-refractivity contribution in [3.8, 4) is 0 Å². The lowest BCUT2D eigenvalue weighted by Crippen LogP contribution is -2.44. The first kappa shape index (κ1) is 15.6. The number of piperidine rings is 2. The molecule has 2 fully saturated rings. The molecule has 0 bridgehead atoms. The topological polar surface area (TPSA) is 53.6 Å². The second-order valence-electron chi connectivity index (χ2n) is 6.08. The highest BCUT2D eigenvalue weighted by Crippen LogP contribution is 2.15. The van der Waals surface area contributed by atoms with Crippen LogP contribution in [-0.2, 0) is 4.74 Å². The molecule has 5 heteroatoms. The predicted molar refractivity (Wildman–Crippen MR) is 79.8 cm³/mol. The molecule has 0 spiro atoms. The van der Waals surface area contributed by atoms with Gasteiger partial charge in [-0.15, -0.1) is 0 Å². The van der Waals surface area contributed by atoms with Crippen LogP contribution in [0, 0.1) is 5.92 Å². The summed E-state index contributed by atoms with van der Waals surface area (Å²) in [5.74, 6) is 0.762. The summed E-state index contributed by atoms with van der Waals surface area (Å²) in [6.45, 7) is 7.66.